The Hall–Kier alpha value is -0.140. The van der Waals surface area contributed by atoms with E-state index >= 15 is 0 Å². The molecule has 0 bridgehead atoms. The minimum atomic E-state index is -3.74. The Bertz CT molecular complexity index is 344. The molecule has 1 heterocycles. The van der Waals surface area contributed by atoms with Gasteiger partial charge in [-0.05, 0) is 12.1 Å². The first-order valence-corrected chi connectivity index (χ1v) is 5.15. The van der Waals surface area contributed by atoms with Crippen molar-refractivity contribution in [1.29, 1.82) is 0 Å². The average Bonchev–Trinajstić information content (AvgIpc) is 2.36. The van der Waals surface area contributed by atoms with Gasteiger partial charge in [0.25, 0.3) is 10.0 Å². The van der Waals surface area contributed by atoms with Crippen molar-refractivity contribution < 1.29 is 13.6 Å². The first-order chi connectivity index (χ1) is 5.06. The molecule has 0 aliphatic heterocycles. The summed E-state index contributed by atoms with van der Waals surface area (Å²) in [6, 6.07) is 2.75. The first kappa shape index (κ1) is 8.95. The summed E-state index contributed by atoms with van der Waals surface area (Å²) in [6.07, 6.45) is 0. The maximum absolute atomic E-state index is 10.8. The van der Waals surface area contributed by atoms with Crippen LogP contribution in [0.3, 0.4) is 0 Å². The fourth-order valence-corrected chi connectivity index (χ4v) is 2.56. The summed E-state index contributed by atoms with van der Waals surface area (Å²) in [5, 5.41) is 8.18. The molecule has 0 spiro atoms. The Morgan fingerprint density at radius 1 is 1.55 bits per heavy atom. The number of hydrogen-bond acceptors (Lipinski definition) is 4. The van der Waals surface area contributed by atoms with Gasteiger partial charge in [0.1, 0.15) is 4.21 Å². The molecular weight excluding hydrogens is 210 g/mol. The minimum Gasteiger partial charge on any atom is -0.302 e. The standard InChI is InChI=1S/C4H4ClNO3S2/c5-3-1-2-4(10-3)11(8,9)6-7/h1-2,6-7H. The molecule has 0 aliphatic rings. The molecule has 7 heteroatoms. The molecule has 62 valence electrons. The second-order valence-electron chi connectivity index (χ2n) is 1.65. The maximum atomic E-state index is 10.8. The molecule has 0 fully saturated rings. The van der Waals surface area contributed by atoms with E-state index in [0.29, 0.717) is 4.34 Å². The van der Waals surface area contributed by atoms with Crippen molar-refractivity contribution in [3.05, 3.63) is 16.5 Å². The molecular formula is C4H4ClNO3S2. The Balaban J connectivity index is 3.13. The van der Waals surface area contributed by atoms with Crippen LogP contribution in [0.1, 0.15) is 0 Å². The fourth-order valence-electron chi connectivity index (χ4n) is 0.487. The van der Waals surface area contributed by atoms with Crippen molar-refractivity contribution in [2.24, 2.45) is 0 Å². The number of rotatable bonds is 2. The van der Waals surface area contributed by atoms with Crippen LogP contribution in [0.25, 0.3) is 0 Å². The number of sulfonamides is 1. The molecule has 1 aromatic rings. The molecule has 2 N–H and O–H groups in total. The third kappa shape index (κ3) is 1.91. The van der Waals surface area contributed by atoms with E-state index in [1.165, 1.54) is 17.0 Å². The predicted molar refractivity (Wildman–Crippen MR) is 41.4 cm³/mol. The Kier molecular flexibility index (Phi) is 2.50. The molecule has 0 saturated carbocycles. The molecule has 0 saturated heterocycles. The smallest absolute Gasteiger partial charge is 0.271 e. The van der Waals surface area contributed by atoms with Gasteiger partial charge >= 0.3 is 0 Å². The van der Waals surface area contributed by atoms with Crippen molar-refractivity contribution in [1.82, 2.24) is 4.89 Å². The molecule has 0 unspecified atom stereocenters. The molecule has 4 nitrogen and oxygen atoms in total. The highest BCUT2D eigenvalue weighted by atomic mass is 35.5. The van der Waals surface area contributed by atoms with E-state index < -0.39 is 10.0 Å². The molecule has 11 heavy (non-hydrogen) atoms. The van der Waals surface area contributed by atoms with Gasteiger partial charge in [-0.25, -0.2) is 8.42 Å². The Morgan fingerprint density at radius 2 is 2.18 bits per heavy atom. The molecule has 0 amide bonds. The van der Waals surface area contributed by atoms with Gasteiger partial charge in [-0.15, -0.1) is 11.3 Å². The zero-order valence-corrected chi connectivity index (χ0v) is 7.50. The lowest BCUT2D eigenvalue weighted by Crippen LogP contribution is -2.17. The molecule has 0 radical (unpaired) electrons. The van der Waals surface area contributed by atoms with Crippen LogP contribution in [0.4, 0.5) is 0 Å². The predicted octanol–water partition coefficient (Wildman–Crippen LogP) is 1.07. The molecule has 0 aromatic carbocycles. The van der Waals surface area contributed by atoms with Crippen LogP contribution in [0.5, 0.6) is 0 Å². The third-order valence-electron chi connectivity index (χ3n) is 0.934. The normalized spacial score (nSPS) is 11.8. The highest BCUT2D eigenvalue weighted by molar-refractivity contribution is 7.91. The Morgan fingerprint density at radius 3 is 2.55 bits per heavy atom. The van der Waals surface area contributed by atoms with Crippen LogP contribution in [0.2, 0.25) is 4.34 Å². The van der Waals surface area contributed by atoms with E-state index in [2.05, 4.69) is 0 Å². The monoisotopic (exact) mass is 213 g/mol. The van der Waals surface area contributed by atoms with E-state index in [-0.39, 0.29) is 4.21 Å². The summed E-state index contributed by atoms with van der Waals surface area (Å²) in [5.41, 5.74) is 0. The number of nitrogens with one attached hydrogen (secondary N) is 1. The van der Waals surface area contributed by atoms with Gasteiger partial charge in [-0.1, -0.05) is 16.5 Å². The van der Waals surface area contributed by atoms with Crippen LogP contribution in [0, 0.1) is 0 Å². The van der Waals surface area contributed by atoms with Crippen molar-refractivity contribution in [2.75, 3.05) is 0 Å². The molecule has 1 aromatic heterocycles. The summed E-state index contributed by atoms with van der Waals surface area (Å²) in [4.78, 5) is 1.19. The number of halogens is 1. The molecule has 1 rings (SSSR count). The van der Waals surface area contributed by atoms with Crippen LogP contribution in [-0.4, -0.2) is 13.6 Å². The highest BCUT2D eigenvalue weighted by Gasteiger charge is 2.14. The number of thiophene rings is 1. The van der Waals surface area contributed by atoms with Crippen LogP contribution >= 0.6 is 22.9 Å². The zero-order valence-electron chi connectivity index (χ0n) is 5.11. The lowest BCUT2D eigenvalue weighted by Gasteiger charge is -1.93. The summed E-state index contributed by atoms with van der Waals surface area (Å²) < 4.78 is 22.0. The van der Waals surface area contributed by atoms with Gasteiger partial charge in [0.2, 0.25) is 0 Å². The SMILES string of the molecule is O=S(=O)(NO)c1ccc(Cl)s1. The van der Waals surface area contributed by atoms with E-state index in [9.17, 15) is 8.42 Å². The van der Waals surface area contributed by atoms with Crippen LogP contribution in [0.15, 0.2) is 16.3 Å². The Labute approximate surface area is 72.4 Å². The van der Waals surface area contributed by atoms with E-state index in [1.807, 2.05) is 0 Å². The van der Waals surface area contributed by atoms with Gasteiger partial charge in [0, 0.05) is 0 Å². The van der Waals surface area contributed by atoms with Crippen LogP contribution < -0.4 is 4.89 Å². The number of hydrogen-bond donors (Lipinski definition) is 2. The average molecular weight is 214 g/mol. The third-order valence-corrected chi connectivity index (χ3v) is 3.77. The summed E-state index contributed by atoms with van der Waals surface area (Å²) in [5.74, 6) is 0. The second kappa shape index (κ2) is 3.08. The molecule has 0 atom stereocenters. The summed E-state index contributed by atoms with van der Waals surface area (Å²) in [7, 11) is -3.74. The first-order valence-electron chi connectivity index (χ1n) is 2.47. The van der Waals surface area contributed by atoms with E-state index in [4.69, 9.17) is 16.8 Å². The van der Waals surface area contributed by atoms with Gasteiger partial charge in [-0.3, -0.25) is 0 Å². The zero-order chi connectivity index (χ0) is 8.48. The summed E-state index contributed by atoms with van der Waals surface area (Å²) >= 11 is 6.34. The second-order valence-corrected chi connectivity index (χ2v) is 5.26. The van der Waals surface area contributed by atoms with Crippen molar-refractivity contribution in [3.8, 4) is 0 Å². The van der Waals surface area contributed by atoms with Crippen LogP contribution in [-0.2, 0) is 10.0 Å². The fraction of sp³-hybridized carbons (Fsp3) is 0. The van der Waals surface area contributed by atoms with E-state index in [1.54, 1.807) is 0 Å². The quantitative estimate of drug-likeness (QED) is 0.723. The lowest BCUT2D eigenvalue weighted by molar-refractivity contribution is 0.243. The largest absolute Gasteiger partial charge is 0.302 e. The van der Waals surface area contributed by atoms with E-state index in [0.717, 1.165) is 11.3 Å². The van der Waals surface area contributed by atoms with Gasteiger partial charge < -0.3 is 5.21 Å². The highest BCUT2D eigenvalue weighted by Crippen LogP contribution is 2.24. The summed E-state index contributed by atoms with van der Waals surface area (Å²) in [6.45, 7) is 0. The maximum Gasteiger partial charge on any atom is 0.271 e. The van der Waals surface area contributed by atoms with Crippen molar-refractivity contribution >= 4 is 33.0 Å². The topological polar surface area (TPSA) is 66.4 Å². The van der Waals surface area contributed by atoms with Crippen molar-refractivity contribution in [2.45, 2.75) is 4.21 Å². The lowest BCUT2D eigenvalue weighted by atomic mass is 10.7. The van der Waals surface area contributed by atoms with Crippen molar-refractivity contribution in [3.63, 3.8) is 0 Å². The minimum absolute atomic E-state index is 0.00926. The van der Waals surface area contributed by atoms with Gasteiger partial charge in [-0.2, -0.15) is 0 Å². The van der Waals surface area contributed by atoms with Gasteiger partial charge in [0.05, 0.1) is 4.34 Å². The molecule has 0 aliphatic carbocycles. The van der Waals surface area contributed by atoms with Gasteiger partial charge in [0.15, 0.2) is 0 Å².